The summed E-state index contributed by atoms with van der Waals surface area (Å²) >= 11 is 0. The molecule has 86 valence electrons. The summed E-state index contributed by atoms with van der Waals surface area (Å²) < 4.78 is 31.9. The predicted molar refractivity (Wildman–Crippen MR) is 52.0 cm³/mol. The summed E-state index contributed by atoms with van der Waals surface area (Å²) in [7, 11) is 1.67. The summed E-state index contributed by atoms with van der Waals surface area (Å²) in [6.07, 6.45) is 2.90. The van der Waals surface area contributed by atoms with Gasteiger partial charge < -0.3 is 4.74 Å². The average Bonchev–Trinajstić information content (AvgIpc) is 2.43. The van der Waals surface area contributed by atoms with E-state index in [0.29, 0.717) is 19.6 Å². The van der Waals surface area contributed by atoms with E-state index in [1.165, 1.54) is 0 Å². The van der Waals surface area contributed by atoms with Crippen molar-refractivity contribution < 1.29 is 13.5 Å². The zero-order valence-electron chi connectivity index (χ0n) is 9.06. The second kappa shape index (κ2) is 2.72. The van der Waals surface area contributed by atoms with Gasteiger partial charge in [0, 0.05) is 25.6 Å². The van der Waals surface area contributed by atoms with Crippen molar-refractivity contribution in [3.05, 3.63) is 0 Å². The van der Waals surface area contributed by atoms with Crippen LogP contribution in [0.3, 0.4) is 0 Å². The molecule has 0 aromatic carbocycles. The van der Waals surface area contributed by atoms with Crippen LogP contribution in [0.1, 0.15) is 25.7 Å². The van der Waals surface area contributed by atoms with Crippen molar-refractivity contribution in [1.29, 1.82) is 0 Å². The minimum Gasteiger partial charge on any atom is -0.383 e. The van der Waals surface area contributed by atoms with E-state index < -0.39 is 11.3 Å². The van der Waals surface area contributed by atoms with Gasteiger partial charge in [0.25, 0.3) is 5.92 Å². The van der Waals surface area contributed by atoms with Crippen LogP contribution in [0, 0.1) is 5.41 Å². The summed E-state index contributed by atoms with van der Waals surface area (Å²) in [6.45, 7) is 2.18. The topological polar surface area (TPSA) is 12.5 Å². The Labute approximate surface area is 88.6 Å². The van der Waals surface area contributed by atoms with Gasteiger partial charge in [0.1, 0.15) is 0 Å². The average molecular weight is 217 g/mol. The van der Waals surface area contributed by atoms with E-state index in [0.717, 1.165) is 19.4 Å². The molecule has 1 spiro atoms. The van der Waals surface area contributed by atoms with E-state index >= 15 is 0 Å². The van der Waals surface area contributed by atoms with Crippen LogP contribution in [-0.4, -0.2) is 43.2 Å². The lowest BCUT2D eigenvalue weighted by atomic mass is 9.89. The second-order valence-corrected chi connectivity index (χ2v) is 5.52. The maximum absolute atomic E-state index is 13.3. The van der Waals surface area contributed by atoms with Crippen molar-refractivity contribution >= 4 is 0 Å². The summed E-state index contributed by atoms with van der Waals surface area (Å²) in [5.74, 6) is -2.40. The van der Waals surface area contributed by atoms with Crippen molar-refractivity contribution in [2.45, 2.75) is 37.1 Å². The molecule has 15 heavy (non-hydrogen) atoms. The monoisotopic (exact) mass is 217 g/mol. The molecule has 0 bridgehead atoms. The number of halogens is 2. The van der Waals surface area contributed by atoms with Gasteiger partial charge in [-0.25, -0.2) is 8.78 Å². The van der Waals surface area contributed by atoms with Crippen molar-refractivity contribution in [2.24, 2.45) is 5.41 Å². The predicted octanol–water partition coefficient (Wildman–Crippen LogP) is 1.90. The number of alkyl halides is 2. The SMILES string of the molecule is COC[C@]12CCCN1CC1(CC1(F)F)C2. The number of rotatable bonds is 2. The lowest BCUT2D eigenvalue weighted by molar-refractivity contribution is 0.0581. The Morgan fingerprint density at radius 2 is 2.07 bits per heavy atom. The molecular formula is C11H17F2NO. The first-order valence-electron chi connectivity index (χ1n) is 5.66. The van der Waals surface area contributed by atoms with E-state index in [9.17, 15) is 8.78 Å². The minimum absolute atomic E-state index is 0.0608. The van der Waals surface area contributed by atoms with Gasteiger partial charge in [-0.1, -0.05) is 0 Å². The Morgan fingerprint density at radius 1 is 1.33 bits per heavy atom. The van der Waals surface area contributed by atoms with Gasteiger partial charge in [-0.15, -0.1) is 0 Å². The highest BCUT2D eigenvalue weighted by molar-refractivity contribution is 5.22. The zero-order valence-corrected chi connectivity index (χ0v) is 9.06. The van der Waals surface area contributed by atoms with Crippen molar-refractivity contribution in [3.63, 3.8) is 0 Å². The van der Waals surface area contributed by atoms with Crippen molar-refractivity contribution in [1.82, 2.24) is 4.90 Å². The van der Waals surface area contributed by atoms with Crippen LogP contribution in [0.2, 0.25) is 0 Å². The van der Waals surface area contributed by atoms with E-state index in [1.807, 2.05) is 0 Å². The molecule has 0 amide bonds. The van der Waals surface area contributed by atoms with Gasteiger partial charge in [-0.3, -0.25) is 4.90 Å². The molecule has 2 atom stereocenters. The molecular weight excluding hydrogens is 200 g/mol. The first-order valence-corrected chi connectivity index (χ1v) is 5.66. The molecule has 0 N–H and O–H groups in total. The van der Waals surface area contributed by atoms with Gasteiger partial charge in [0.2, 0.25) is 0 Å². The maximum atomic E-state index is 13.3. The summed E-state index contributed by atoms with van der Waals surface area (Å²) in [6, 6.07) is 0. The lowest BCUT2D eigenvalue weighted by Gasteiger charge is -2.30. The zero-order chi connectivity index (χ0) is 10.7. The van der Waals surface area contributed by atoms with E-state index in [1.54, 1.807) is 7.11 Å². The smallest absolute Gasteiger partial charge is 0.255 e. The fourth-order valence-corrected chi connectivity index (χ4v) is 3.72. The molecule has 1 saturated carbocycles. The fraction of sp³-hybridized carbons (Fsp3) is 1.00. The van der Waals surface area contributed by atoms with Crippen LogP contribution in [0.5, 0.6) is 0 Å². The Balaban J connectivity index is 1.83. The van der Waals surface area contributed by atoms with Gasteiger partial charge in [-0.05, 0) is 25.8 Å². The fourth-order valence-electron chi connectivity index (χ4n) is 3.72. The Kier molecular flexibility index (Phi) is 1.81. The molecule has 0 radical (unpaired) electrons. The van der Waals surface area contributed by atoms with Crippen molar-refractivity contribution in [3.8, 4) is 0 Å². The van der Waals surface area contributed by atoms with Crippen LogP contribution < -0.4 is 0 Å². The number of fused-ring (bicyclic) bond motifs is 1. The van der Waals surface area contributed by atoms with Crippen LogP contribution in [0.15, 0.2) is 0 Å². The Hall–Kier alpha value is -0.220. The molecule has 1 unspecified atom stereocenters. The summed E-state index contributed by atoms with van der Waals surface area (Å²) in [5, 5.41) is 0. The number of hydrogen-bond acceptors (Lipinski definition) is 2. The Morgan fingerprint density at radius 3 is 2.67 bits per heavy atom. The maximum Gasteiger partial charge on any atom is 0.255 e. The first-order chi connectivity index (χ1) is 7.04. The highest BCUT2D eigenvalue weighted by Crippen LogP contribution is 2.69. The molecule has 0 aromatic rings. The molecule has 3 fully saturated rings. The van der Waals surface area contributed by atoms with Crippen LogP contribution in [-0.2, 0) is 4.74 Å². The first kappa shape index (κ1) is 9.97. The largest absolute Gasteiger partial charge is 0.383 e. The van der Waals surface area contributed by atoms with E-state index in [2.05, 4.69) is 4.90 Å². The molecule has 3 aliphatic rings. The van der Waals surface area contributed by atoms with Gasteiger partial charge >= 0.3 is 0 Å². The third-order valence-electron chi connectivity index (χ3n) is 4.53. The molecule has 1 aliphatic carbocycles. The molecule has 2 aliphatic heterocycles. The number of hydrogen-bond donors (Lipinski definition) is 0. The van der Waals surface area contributed by atoms with E-state index in [-0.39, 0.29) is 12.0 Å². The molecule has 2 nitrogen and oxygen atoms in total. The molecule has 3 rings (SSSR count). The van der Waals surface area contributed by atoms with Gasteiger partial charge in [0.05, 0.1) is 12.0 Å². The third-order valence-corrected chi connectivity index (χ3v) is 4.53. The van der Waals surface area contributed by atoms with Crippen LogP contribution >= 0.6 is 0 Å². The molecule has 2 saturated heterocycles. The third kappa shape index (κ3) is 1.15. The highest BCUT2D eigenvalue weighted by Gasteiger charge is 2.76. The quantitative estimate of drug-likeness (QED) is 0.700. The Bertz CT molecular complexity index is 296. The van der Waals surface area contributed by atoms with Crippen LogP contribution in [0.4, 0.5) is 8.78 Å². The second-order valence-electron chi connectivity index (χ2n) is 5.52. The normalized spacial score (nSPS) is 47.4. The van der Waals surface area contributed by atoms with E-state index in [4.69, 9.17) is 4.74 Å². The molecule has 0 aromatic heterocycles. The van der Waals surface area contributed by atoms with Gasteiger partial charge in [0.15, 0.2) is 0 Å². The number of ether oxygens (including phenoxy) is 1. The highest BCUT2D eigenvalue weighted by atomic mass is 19.3. The molecule has 4 heteroatoms. The molecule has 2 heterocycles. The van der Waals surface area contributed by atoms with Gasteiger partial charge in [-0.2, -0.15) is 0 Å². The standard InChI is InChI=1S/C11H17F2NO/c1-15-8-10-3-2-4-14(10)7-9(5-10)6-11(9,12)13/h2-8H2,1H3/t9?,10-/m1/s1. The number of methoxy groups -OCH3 is 1. The van der Waals surface area contributed by atoms with Crippen molar-refractivity contribution in [2.75, 3.05) is 26.8 Å². The summed E-state index contributed by atoms with van der Waals surface area (Å²) in [4.78, 5) is 2.25. The summed E-state index contributed by atoms with van der Waals surface area (Å²) in [5.41, 5.74) is -0.749. The minimum atomic E-state index is -2.40. The lowest BCUT2D eigenvalue weighted by Crippen LogP contribution is -2.42. The number of nitrogens with zero attached hydrogens (tertiary/aromatic N) is 1. The van der Waals surface area contributed by atoms with Crippen LogP contribution in [0.25, 0.3) is 0 Å².